The van der Waals surface area contributed by atoms with E-state index in [1.807, 2.05) is 25.1 Å². The van der Waals surface area contributed by atoms with Gasteiger partial charge in [-0.05, 0) is 37.6 Å². The Balaban J connectivity index is 2.45. The fraction of sp³-hybridized carbons (Fsp3) is 0.385. The van der Waals surface area contributed by atoms with Gasteiger partial charge >= 0.3 is 0 Å². The Kier molecular flexibility index (Phi) is 5.35. The fourth-order valence-electron chi connectivity index (χ4n) is 1.30. The van der Waals surface area contributed by atoms with Crippen LogP contribution in [0.15, 0.2) is 24.3 Å². The fourth-order valence-corrected chi connectivity index (χ4v) is 1.30. The highest BCUT2D eigenvalue weighted by atomic mass is 16.5. The maximum atomic E-state index is 5.55. The number of benzene rings is 1. The van der Waals surface area contributed by atoms with Gasteiger partial charge in [-0.1, -0.05) is 12.1 Å². The molecule has 0 saturated heterocycles. The standard InChI is InChI=1S/C13H17NO/c1-2-3-4-10-15-13-7-5-6-12(11-13)8-9-14/h5-7,11H,4,8-10,14H2,1H3. The second-order valence-electron chi connectivity index (χ2n) is 3.21. The molecule has 2 heteroatoms. The van der Waals surface area contributed by atoms with E-state index in [2.05, 4.69) is 17.9 Å². The van der Waals surface area contributed by atoms with Gasteiger partial charge in [0.1, 0.15) is 5.75 Å². The minimum absolute atomic E-state index is 0.646. The van der Waals surface area contributed by atoms with E-state index >= 15 is 0 Å². The molecule has 0 atom stereocenters. The molecule has 0 bridgehead atoms. The molecule has 2 N–H and O–H groups in total. The quantitative estimate of drug-likeness (QED) is 0.586. The molecule has 0 radical (unpaired) electrons. The summed E-state index contributed by atoms with van der Waals surface area (Å²) in [7, 11) is 0. The third kappa shape index (κ3) is 4.53. The molecule has 0 aromatic heterocycles. The molecule has 0 aliphatic carbocycles. The van der Waals surface area contributed by atoms with Crippen molar-refractivity contribution in [3.63, 3.8) is 0 Å². The predicted molar refractivity (Wildman–Crippen MR) is 62.8 cm³/mol. The third-order valence-electron chi connectivity index (χ3n) is 2.00. The lowest BCUT2D eigenvalue weighted by atomic mass is 10.1. The van der Waals surface area contributed by atoms with Crippen LogP contribution in [0.3, 0.4) is 0 Å². The van der Waals surface area contributed by atoms with Gasteiger partial charge in [-0.3, -0.25) is 0 Å². The van der Waals surface area contributed by atoms with Gasteiger partial charge < -0.3 is 10.5 Å². The molecule has 0 spiro atoms. The maximum absolute atomic E-state index is 5.55. The summed E-state index contributed by atoms with van der Waals surface area (Å²) in [6.45, 7) is 3.15. The van der Waals surface area contributed by atoms with Gasteiger partial charge in [0.2, 0.25) is 0 Å². The molecule has 0 heterocycles. The average Bonchev–Trinajstić information content (AvgIpc) is 2.26. The van der Waals surface area contributed by atoms with Crippen LogP contribution in [-0.2, 0) is 6.42 Å². The van der Waals surface area contributed by atoms with E-state index in [0.29, 0.717) is 13.2 Å². The average molecular weight is 203 g/mol. The maximum Gasteiger partial charge on any atom is 0.119 e. The van der Waals surface area contributed by atoms with Crippen molar-refractivity contribution in [2.75, 3.05) is 13.2 Å². The topological polar surface area (TPSA) is 35.2 Å². The van der Waals surface area contributed by atoms with Gasteiger partial charge in [0, 0.05) is 6.42 Å². The van der Waals surface area contributed by atoms with Crippen LogP contribution in [-0.4, -0.2) is 13.2 Å². The van der Waals surface area contributed by atoms with Gasteiger partial charge in [-0.2, -0.15) is 0 Å². The van der Waals surface area contributed by atoms with E-state index in [1.54, 1.807) is 0 Å². The molecule has 0 fully saturated rings. The van der Waals surface area contributed by atoms with E-state index < -0.39 is 0 Å². The van der Waals surface area contributed by atoms with Gasteiger partial charge in [0.25, 0.3) is 0 Å². The van der Waals surface area contributed by atoms with Crippen LogP contribution in [0.2, 0.25) is 0 Å². The summed E-state index contributed by atoms with van der Waals surface area (Å²) in [5, 5.41) is 0. The van der Waals surface area contributed by atoms with Gasteiger partial charge in [0.15, 0.2) is 0 Å². The Morgan fingerprint density at radius 2 is 2.27 bits per heavy atom. The van der Waals surface area contributed by atoms with Crippen LogP contribution < -0.4 is 10.5 Å². The first-order valence-corrected chi connectivity index (χ1v) is 5.18. The largest absolute Gasteiger partial charge is 0.493 e. The van der Waals surface area contributed by atoms with Crippen molar-refractivity contribution >= 4 is 0 Å². The van der Waals surface area contributed by atoms with Crippen LogP contribution in [0.1, 0.15) is 18.9 Å². The predicted octanol–water partition coefficient (Wildman–Crippen LogP) is 1.98. The second kappa shape index (κ2) is 6.92. The minimum atomic E-state index is 0.646. The van der Waals surface area contributed by atoms with Crippen LogP contribution >= 0.6 is 0 Å². The Labute approximate surface area is 91.4 Å². The van der Waals surface area contributed by atoms with Crippen molar-refractivity contribution < 1.29 is 4.74 Å². The Bertz CT molecular complexity index is 349. The number of hydrogen-bond donors (Lipinski definition) is 1. The Morgan fingerprint density at radius 3 is 3.00 bits per heavy atom. The summed E-state index contributed by atoms with van der Waals surface area (Å²) >= 11 is 0. The van der Waals surface area contributed by atoms with Crippen LogP contribution in [0.25, 0.3) is 0 Å². The van der Waals surface area contributed by atoms with E-state index in [0.717, 1.165) is 18.6 Å². The highest BCUT2D eigenvalue weighted by molar-refractivity contribution is 5.28. The van der Waals surface area contributed by atoms with Crippen molar-refractivity contribution in [1.29, 1.82) is 0 Å². The SMILES string of the molecule is CC#CCCOc1cccc(CCN)c1. The van der Waals surface area contributed by atoms with Crippen LogP contribution in [0.5, 0.6) is 5.75 Å². The number of ether oxygens (including phenoxy) is 1. The molecular weight excluding hydrogens is 186 g/mol. The zero-order valence-corrected chi connectivity index (χ0v) is 9.12. The molecule has 15 heavy (non-hydrogen) atoms. The van der Waals surface area contributed by atoms with E-state index in [9.17, 15) is 0 Å². The molecule has 1 aromatic rings. The summed E-state index contributed by atoms with van der Waals surface area (Å²) in [5.74, 6) is 6.70. The number of hydrogen-bond acceptors (Lipinski definition) is 2. The van der Waals surface area contributed by atoms with Gasteiger partial charge in [0.05, 0.1) is 6.61 Å². The highest BCUT2D eigenvalue weighted by Crippen LogP contribution is 2.13. The molecule has 0 amide bonds. The summed E-state index contributed by atoms with van der Waals surface area (Å²) < 4.78 is 5.55. The lowest BCUT2D eigenvalue weighted by Crippen LogP contribution is -2.03. The van der Waals surface area contributed by atoms with Crippen molar-refractivity contribution in [1.82, 2.24) is 0 Å². The van der Waals surface area contributed by atoms with Crippen molar-refractivity contribution in [3.8, 4) is 17.6 Å². The van der Waals surface area contributed by atoms with Gasteiger partial charge in [-0.25, -0.2) is 0 Å². The number of nitrogens with two attached hydrogens (primary N) is 1. The van der Waals surface area contributed by atoms with E-state index in [4.69, 9.17) is 10.5 Å². The summed E-state index contributed by atoms with van der Waals surface area (Å²) in [5.41, 5.74) is 6.71. The van der Waals surface area contributed by atoms with Gasteiger partial charge in [-0.15, -0.1) is 11.8 Å². The first kappa shape index (κ1) is 11.6. The molecule has 1 aromatic carbocycles. The first-order chi connectivity index (χ1) is 7.36. The molecule has 2 nitrogen and oxygen atoms in total. The molecule has 80 valence electrons. The first-order valence-electron chi connectivity index (χ1n) is 5.18. The lowest BCUT2D eigenvalue weighted by molar-refractivity contribution is 0.327. The molecule has 0 saturated carbocycles. The monoisotopic (exact) mass is 203 g/mol. The summed E-state index contributed by atoms with van der Waals surface area (Å²) in [6, 6.07) is 8.04. The smallest absolute Gasteiger partial charge is 0.119 e. The minimum Gasteiger partial charge on any atom is -0.493 e. The number of rotatable bonds is 5. The van der Waals surface area contributed by atoms with Crippen molar-refractivity contribution in [2.45, 2.75) is 19.8 Å². The lowest BCUT2D eigenvalue weighted by Gasteiger charge is -2.05. The summed E-state index contributed by atoms with van der Waals surface area (Å²) in [6.07, 6.45) is 1.67. The molecular formula is C13H17NO. The Hall–Kier alpha value is -1.46. The van der Waals surface area contributed by atoms with E-state index in [1.165, 1.54) is 5.56 Å². The van der Waals surface area contributed by atoms with Crippen molar-refractivity contribution in [3.05, 3.63) is 29.8 Å². The Morgan fingerprint density at radius 1 is 1.40 bits per heavy atom. The third-order valence-corrected chi connectivity index (χ3v) is 2.00. The second-order valence-corrected chi connectivity index (χ2v) is 3.21. The zero-order valence-electron chi connectivity index (χ0n) is 9.12. The highest BCUT2D eigenvalue weighted by Gasteiger charge is 1.95. The van der Waals surface area contributed by atoms with Crippen LogP contribution in [0, 0.1) is 11.8 Å². The molecule has 0 aliphatic rings. The van der Waals surface area contributed by atoms with E-state index in [-0.39, 0.29) is 0 Å². The van der Waals surface area contributed by atoms with Crippen molar-refractivity contribution in [2.24, 2.45) is 5.73 Å². The molecule has 0 aliphatic heterocycles. The normalized spacial score (nSPS) is 9.20. The summed E-state index contributed by atoms with van der Waals surface area (Å²) in [4.78, 5) is 0. The zero-order chi connectivity index (χ0) is 10.9. The molecule has 1 rings (SSSR count). The van der Waals surface area contributed by atoms with Crippen LogP contribution in [0.4, 0.5) is 0 Å². The molecule has 0 unspecified atom stereocenters.